The van der Waals surface area contributed by atoms with E-state index < -0.39 is 38.3 Å². The van der Waals surface area contributed by atoms with Crippen molar-refractivity contribution in [2.75, 3.05) is 32.7 Å². The summed E-state index contributed by atoms with van der Waals surface area (Å²) in [5.74, 6) is -1.61. The second-order valence-electron chi connectivity index (χ2n) is 12.9. The molecule has 0 spiro atoms. The van der Waals surface area contributed by atoms with Crippen LogP contribution in [0.5, 0.6) is 0 Å². The van der Waals surface area contributed by atoms with Gasteiger partial charge in [-0.2, -0.15) is 0 Å². The molecular formula is C34H36Cl2FNO7S. The fourth-order valence-electron chi connectivity index (χ4n) is 6.68. The molecule has 1 unspecified atom stereocenters. The molecule has 6 rings (SSSR count). The minimum Gasteiger partial charge on any atom is -0.396 e. The Labute approximate surface area is 278 Å². The molecule has 2 atom stereocenters. The molecule has 0 radical (unpaired) electrons. The number of fused-ring (bicyclic) bond motifs is 1. The molecule has 2 fully saturated rings. The Kier molecular flexibility index (Phi) is 8.80. The Morgan fingerprint density at radius 2 is 1.72 bits per heavy atom. The lowest BCUT2D eigenvalue weighted by Gasteiger charge is -2.41. The van der Waals surface area contributed by atoms with Gasteiger partial charge in [-0.05, 0) is 86.1 Å². The Hall–Kier alpha value is -2.57. The van der Waals surface area contributed by atoms with Crippen molar-refractivity contribution in [3.8, 4) is 0 Å². The summed E-state index contributed by atoms with van der Waals surface area (Å²) >= 11 is 12.4. The van der Waals surface area contributed by atoms with Gasteiger partial charge in [0.2, 0.25) is 0 Å². The zero-order valence-corrected chi connectivity index (χ0v) is 27.9. The van der Waals surface area contributed by atoms with E-state index in [1.165, 1.54) is 35.2 Å². The van der Waals surface area contributed by atoms with Gasteiger partial charge in [0.25, 0.3) is 5.91 Å². The van der Waals surface area contributed by atoms with E-state index in [0.29, 0.717) is 49.5 Å². The van der Waals surface area contributed by atoms with E-state index in [2.05, 4.69) is 0 Å². The van der Waals surface area contributed by atoms with E-state index in [4.69, 9.17) is 32.7 Å². The molecule has 246 valence electrons. The number of hydrogen-bond acceptors (Lipinski definition) is 7. The predicted molar refractivity (Wildman–Crippen MR) is 171 cm³/mol. The molecule has 2 N–H and O–H groups in total. The molecule has 0 bridgehead atoms. The molecule has 2 heterocycles. The summed E-state index contributed by atoms with van der Waals surface area (Å²) in [6.45, 7) is 2.10. The molecular weight excluding hydrogens is 656 g/mol. The Morgan fingerprint density at radius 1 is 1.07 bits per heavy atom. The van der Waals surface area contributed by atoms with E-state index in [0.717, 1.165) is 6.26 Å². The minimum atomic E-state index is -3.80. The Morgan fingerprint density at radius 3 is 2.33 bits per heavy atom. The molecule has 1 aliphatic carbocycles. The van der Waals surface area contributed by atoms with Gasteiger partial charge in [0, 0.05) is 40.5 Å². The average Bonchev–Trinajstić information content (AvgIpc) is 3.77. The van der Waals surface area contributed by atoms with Crippen LogP contribution >= 0.6 is 23.2 Å². The standard InChI is InChI=1S/C34H36Cl2FNO7S/c1-32(41,22-9-13-44-14-10-22)24-15-27-30(28(37)16-24)34(23-4-7-25(35)8-5-23,45-20-33(19-39)11-12-33)38(31(27)40)18-21-3-6-26(36)17-29(21)46(2,42)43/h3-8,15-17,22,39,41H,9-14,18-20H2,1-2H3/t32?,34-/m1/s1. The van der Waals surface area contributed by atoms with Gasteiger partial charge >= 0.3 is 0 Å². The topological polar surface area (TPSA) is 113 Å². The SMILES string of the molecule is CC(O)(c1cc(F)c2c(c1)C(=O)N(Cc1ccc(Cl)cc1S(C)(=O)=O)[C@@]2(OCC1(CO)CC1)c1ccc(Cl)cc1)C1CCOCC1. The van der Waals surface area contributed by atoms with Crippen LogP contribution < -0.4 is 0 Å². The number of benzene rings is 3. The van der Waals surface area contributed by atoms with Crippen molar-refractivity contribution in [3.05, 3.63) is 98.3 Å². The van der Waals surface area contributed by atoms with Crippen LogP contribution in [-0.4, -0.2) is 62.1 Å². The van der Waals surface area contributed by atoms with Crippen LogP contribution in [0.1, 0.15) is 65.2 Å². The third kappa shape index (κ3) is 5.87. The highest BCUT2D eigenvalue weighted by molar-refractivity contribution is 7.90. The van der Waals surface area contributed by atoms with Gasteiger partial charge in [-0.1, -0.05) is 41.4 Å². The van der Waals surface area contributed by atoms with Crippen LogP contribution in [-0.2, 0) is 37.2 Å². The van der Waals surface area contributed by atoms with Crippen LogP contribution in [0.15, 0.2) is 59.5 Å². The maximum absolute atomic E-state index is 16.8. The van der Waals surface area contributed by atoms with Crippen molar-refractivity contribution in [2.45, 2.75) is 55.4 Å². The number of halogens is 3. The summed E-state index contributed by atoms with van der Waals surface area (Å²) in [4.78, 5) is 15.9. The molecule has 3 aromatic rings. The van der Waals surface area contributed by atoms with Crippen molar-refractivity contribution in [1.82, 2.24) is 4.90 Å². The number of hydrogen-bond donors (Lipinski definition) is 2. The molecule has 46 heavy (non-hydrogen) atoms. The first-order valence-corrected chi connectivity index (χ1v) is 17.8. The van der Waals surface area contributed by atoms with Crippen molar-refractivity contribution >= 4 is 38.9 Å². The highest BCUT2D eigenvalue weighted by Gasteiger charge is 2.57. The van der Waals surface area contributed by atoms with Gasteiger partial charge in [-0.15, -0.1) is 0 Å². The van der Waals surface area contributed by atoms with Gasteiger partial charge in [0.05, 0.1) is 41.4 Å². The summed E-state index contributed by atoms with van der Waals surface area (Å²) in [6.07, 6.45) is 3.56. The number of nitrogens with zero attached hydrogens (tertiary/aromatic N) is 1. The summed E-state index contributed by atoms with van der Waals surface area (Å²) in [5, 5.41) is 22.5. The number of ether oxygens (including phenoxy) is 2. The normalized spacial score (nSPS) is 22.5. The lowest BCUT2D eigenvalue weighted by atomic mass is 9.77. The molecule has 1 saturated heterocycles. The van der Waals surface area contributed by atoms with Crippen LogP contribution in [0.3, 0.4) is 0 Å². The number of amides is 1. The van der Waals surface area contributed by atoms with Crippen LogP contribution in [0.2, 0.25) is 10.0 Å². The monoisotopic (exact) mass is 691 g/mol. The summed E-state index contributed by atoms with van der Waals surface area (Å²) < 4.78 is 54.8. The van der Waals surface area contributed by atoms with Gasteiger partial charge in [-0.3, -0.25) is 9.69 Å². The van der Waals surface area contributed by atoms with Gasteiger partial charge in [0.1, 0.15) is 5.82 Å². The fourth-order valence-corrected chi connectivity index (χ4v) is 7.99. The minimum absolute atomic E-state index is 0.00409. The van der Waals surface area contributed by atoms with E-state index >= 15 is 4.39 Å². The van der Waals surface area contributed by atoms with E-state index in [-0.39, 0.29) is 57.8 Å². The number of carbonyl (C=O) groups is 1. The van der Waals surface area contributed by atoms with Crippen molar-refractivity contribution in [1.29, 1.82) is 0 Å². The summed E-state index contributed by atoms with van der Waals surface area (Å²) in [7, 11) is -3.80. The van der Waals surface area contributed by atoms with Gasteiger partial charge in [0.15, 0.2) is 15.6 Å². The molecule has 1 amide bonds. The van der Waals surface area contributed by atoms with E-state index in [1.54, 1.807) is 31.2 Å². The molecule has 1 saturated carbocycles. The van der Waals surface area contributed by atoms with Crippen LogP contribution in [0.4, 0.5) is 4.39 Å². The number of aliphatic hydroxyl groups excluding tert-OH is 1. The third-order valence-corrected chi connectivity index (χ3v) is 11.4. The number of sulfone groups is 1. The third-order valence-electron chi connectivity index (χ3n) is 9.76. The lowest BCUT2D eigenvalue weighted by Crippen LogP contribution is -2.48. The molecule has 12 heteroatoms. The van der Waals surface area contributed by atoms with Crippen LogP contribution in [0.25, 0.3) is 0 Å². The number of carbonyl (C=O) groups excluding carboxylic acids is 1. The zero-order chi connectivity index (χ0) is 33.1. The summed E-state index contributed by atoms with van der Waals surface area (Å²) in [6, 6.07) is 13.6. The number of aliphatic hydroxyl groups is 2. The Bertz CT molecular complexity index is 1770. The molecule has 3 aromatic carbocycles. The van der Waals surface area contributed by atoms with E-state index in [9.17, 15) is 23.4 Å². The lowest BCUT2D eigenvalue weighted by molar-refractivity contribution is -0.130. The van der Waals surface area contributed by atoms with Crippen LogP contribution in [0, 0.1) is 17.2 Å². The second-order valence-corrected chi connectivity index (χ2v) is 15.8. The number of rotatable bonds is 10. The first-order valence-electron chi connectivity index (χ1n) is 15.2. The average molecular weight is 693 g/mol. The largest absolute Gasteiger partial charge is 0.396 e. The van der Waals surface area contributed by atoms with Crippen molar-refractivity contribution < 1.29 is 37.3 Å². The highest BCUT2D eigenvalue weighted by Crippen LogP contribution is 2.53. The smallest absolute Gasteiger partial charge is 0.257 e. The Balaban J connectivity index is 1.57. The van der Waals surface area contributed by atoms with Gasteiger partial charge < -0.3 is 19.7 Å². The summed E-state index contributed by atoms with van der Waals surface area (Å²) in [5.41, 5.74) is -3.08. The van der Waals surface area contributed by atoms with Crippen molar-refractivity contribution in [2.24, 2.45) is 11.3 Å². The molecule has 2 aliphatic heterocycles. The maximum atomic E-state index is 16.8. The molecule has 3 aliphatic rings. The molecule has 0 aromatic heterocycles. The molecule has 8 nitrogen and oxygen atoms in total. The first-order chi connectivity index (χ1) is 21.7. The maximum Gasteiger partial charge on any atom is 0.257 e. The zero-order valence-electron chi connectivity index (χ0n) is 25.6. The van der Waals surface area contributed by atoms with E-state index in [1.807, 2.05) is 0 Å². The first kappa shape index (κ1) is 33.3. The highest BCUT2D eigenvalue weighted by atomic mass is 35.5. The second kappa shape index (κ2) is 12.1. The van der Waals surface area contributed by atoms with Gasteiger partial charge in [-0.25, -0.2) is 12.8 Å². The predicted octanol–water partition coefficient (Wildman–Crippen LogP) is 5.82. The fraction of sp³-hybridized carbons (Fsp3) is 0.441. The quantitative estimate of drug-likeness (QED) is 0.276. The van der Waals surface area contributed by atoms with Crippen molar-refractivity contribution in [3.63, 3.8) is 0 Å².